The highest BCUT2D eigenvalue weighted by Crippen LogP contribution is 2.45. The van der Waals surface area contributed by atoms with Crippen molar-refractivity contribution in [2.45, 2.75) is 290 Å². The second kappa shape index (κ2) is 73.7. The Hall–Kier alpha value is -5.58. The van der Waals surface area contributed by atoms with E-state index in [0.29, 0.717) is 32.1 Å². The number of hydrogen-bond donors (Lipinski definition) is 3. The lowest BCUT2D eigenvalue weighted by Crippen LogP contribution is -2.30. The molecule has 102 heavy (non-hydrogen) atoms. The zero-order valence-electron chi connectivity index (χ0n) is 63.0. The molecule has 0 aliphatic heterocycles. The molecule has 17 nitrogen and oxygen atoms in total. The smallest absolute Gasteiger partial charge is 0.462 e. The van der Waals surface area contributed by atoms with Gasteiger partial charge in [0, 0.05) is 19.3 Å². The van der Waals surface area contributed by atoms with Gasteiger partial charge in [0.15, 0.2) is 12.2 Å². The molecular formula is C83H134O17P2. The predicted molar refractivity (Wildman–Crippen MR) is 417 cm³/mol. The summed E-state index contributed by atoms with van der Waals surface area (Å²) in [6.07, 6.45) is 86.8. The van der Waals surface area contributed by atoms with Crippen LogP contribution in [0, 0.1) is 0 Å². The molecule has 0 rings (SSSR count). The van der Waals surface area contributed by atoms with Crippen LogP contribution in [0.25, 0.3) is 0 Å². The van der Waals surface area contributed by atoms with Gasteiger partial charge < -0.3 is 33.8 Å². The standard InChI is InChI=1S/C83H134O17P2/c1-5-9-13-17-21-25-29-33-36-37-38-39-42-45-48-52-56-60-64-68-81(86)94-74-79(100-83(88)70-66-62-58-54-50-46-41-35-31-27-23-19-15-11-7-3)76-98-102(91,92)96-72-77(84)71-95-101(89,90)97-75-78(99-82(87)69-65-61-57-53-49-43-32-28-24-20-16-12-8-4)73-93-80(85)67-63-59-55-51-47-44-40-34-30-26-22-18-14-10-6-2/h9-11,13-15,21-23,25-27,33-36,38-41,45,47-48,51,56,59-60,63,77-79,84H,5-8,12,16-20,24,28-32,37,42-44,46,49-50,52-55,57-58,61-62,64-76H2,1-4H3,(H,89,90)(H,91,92)/b13-9-,14-10-,15-11-,25-21-,26-22-,27-23-,36-33-,39-38-,40-34-,41-35-,48-45-,51-47-,60-56-,63-59-. The zero-order valence-corrected chi connectivity index (χ0v) is 64.8. The third-order valence-electron chi connectivity index (χ3n) is 15.2. The van der Waals surface area contributed by atoms with Crippen molar-refractivity contribution in [3.8, 4) is 0 Å². The molecule has 19 heteroatoms. The lowest BCUT2D eigenvalue weighted by atomic mass is 10.0. The van der Waals surface area contributed by atoms with Gasteiger partial charge in [-0.2, -0.15) is 0 Å². The van der Waals surface area contributed by atoms with Gasteiger partial charge in [0.1, 0.15) is 19.3 Å². The highest BCUT2D eigenvalue weighted by atomic mass is 31.2. The summed E-state index contributed by atoms with van der Waals surface area (Å²) in [5, 5.41) is 10.6. The van der Waals surface area contributed by atoms with E-state index in [1.54, 1.807) is 6.08 Å². The van der Waals surface area contributed by atoms with E-state index in [4.69, 9.17) is 37.0 Å². The molecule has 0 spiro atoms. The number of carbonyl (C=O) groups is 4. The first-order valence-electron chi connectivity index (χ1n) is 38.4. The van der Waals surface area contributed by atoms with Crippen molar-refractivity contribution in [3.63, 3.8) is 0 Å². The Balaban J connectivity index is 5.50. The Morgan fingerprint density at radius 3 is 0.912 bits per heavy atom. The molecule has 0 aromatic rings. The third-order valence-corrected chi connectivity index (χ3v) is 17.1. The fraction of sp³-hybridized carbons (Fsp3) is 0.614. The number of hydrogen-bond acceptors (Lipinski definition) is 15. The topological polar surface area (TPSA) is 237 Å². The molecule has 0 aromatic heterocycles. The van der Waals surface area contributed by atoms with Gasteiger partial charge in [-0.25, -0.2) is 9.13 Å². The lowest BCUT2D eigenvalue weighted by Gasteiger charge is -2.21. The van der Waals surface area contributed by atoms with E-state index in [1.807, 2.05) is 36.5 Å². The van der Waals surface area contributed by atoms with Crippen LogP contribution >= 0.6 is 15.6 Å². The second-order valence-corrected chi connectivity index (χ2v) is 27.7. The molecule has 3 N–H and O–H groups in total. The Labute approximate surface area is 616 Å². The van der Waals surface area contributed by atoms with Crippen LogP contribution in [0.4, 0.5) is 0 Å². The van der Waals surface area contributed by atoms with Crippen LogP contribution in [0.1, 0.15) is 272 Å². The molecule has 0 aliphatic rings. The molecule has 0 fully saturated rings. The van der Waals surface area contributed by atoms with Gasteiger partial charge in [-0.15, -0.1) is 0 Å². The number of unbranched alkanes of at least 4 members (excludes halogenated alkanes) is 17. The van der Waals surface area contributed by atoms with Crippen molar-refractivity contribution in [1.29, 1.82) is 0 Å². The van der Waals surface area contributed by atoms with Crippen molar-refractivity contribution in [1.82, 2.24) is 0 Å². The van der Waals surface area contributed by atoms with Gasteiger partial charge in [-0.05, 0) is 122 Å². The Morgan fingerprint density at radius 1 is 0.294 bits per heavy atom. The molecule has 0 amide bonds. The number of phosphoric acid groups is 2. The summed E-state index contributed by atoms with van der Waals surface area (Å²) < 4.78 is 68.3. The minimum Gasteiger partial charge on any atom is -0.462 e. The van der Waals surface area contributed by atoms with Crippen LogP contribution in [0.15, 0.2) is 170 Å². The monoisotopic (exact) mass is 1460 g/mol. The average molecular weight is 1470 g/mol. The maximum atomic E-state index is 13.1. The van der Waals surface area contributed by atoms with E-state index in [9.17, 15) is 43.2 Å². The van der Waals surface area contributed by atoms with Crippen LogP contribution in [-0.4, -0.2) is 96.7 Å². The molecule has 0 aromatic carbocycles. The minimum atomic E-state index is -5.01. The van der Waals surface area contributed by atoms with E-state index in [1.165, 1.54) is 51.4 Å². The maximum absolute atomic E-state index is 13.1. The second-order valence-electron chi connectivity index (χ2n) is 24.8. The van der Waals surface area contributed by atoms with Crippen molar-refractivity contribution in [2.75, 3.05) is 39.6 Å². The summed E-state index contributed by atoms with van der Waals surface area (Å²) in [6, 6.07) is 0. The first kappa shape index (κ1) is 96.4. The summed E-state index contributed by atoms with van der Waals surface area (Å²) in [5.41, 5.74) is 0. The molecule has 0 heterocycles. The third kappa shape index (κ3) is 72.8. The summed E-state index contributed by atoms with van der Waals surface area (Å²) in [5.74, 6) is -2.45. The van der Waals surface area contributed by atoms with Crippen molar-refractivity contribution < 1.29 is 80.2 Å². The van der Waals surface area contributed by atoms with Crippen molar-refractivity contribution >= 4 is 39.5 Å². The fourth-order valence-electron chi connectivity index (χ4n) is 9.51. The van der Waals surface area contributed by atoms with Gasteiger partial charge in [0.2, 0.25) is 0 Å². The molecule has 578 valence electrons. The number of allylic oxidation sites excluding steroid dienone is 27. The normalized spacial score (nSPS) is 14.9. The molecule has 0 bridgehead atoms. The minimum absolute atomic E-state index is 0.0246. The maximum Gasteiger partial charge on any atom is 0.472 e. The lowest BCUT2D eigenvalue weighted by molar-refractivity contribution is -0.161. The quantitative estimate of drug-likeness (QED) is 0.0169. The first-order valence-corrected chi connectivity index (χ1v) is 41.4. The molecular weight excluding hydrogens is 1330 g/mol. The number of aliphatic hydroxyl groups excluding tert-OH is 1. The van der Waals surface area contributed by atoms with E-state index < -0.39 is 97.5 Å². The van der Waals surface area contributed by atoms with Crippen molar-refractivity contribution in [3.05, 3.63) is 170 Å². The molecule has 0 saturated carbocycles. The number of aliphatic hydroxyl groups is 1. The van der Waals surface area contributed by atoms with Gasteiger partial charge in [0.05, 0.1) is 32.8 Å². The Bertz CT molecular complexity index is 2600. The van der Waals surface area contributed by atoms with Gasteiger partial charge in [0.25, 0.3) is 0 Å². The number of phosphoric ester groups is 2. The number of rotatable bonds is 70. The zero-order chi connectivity index (χ0) is 74.6. The Morgan fingerprint density at radius 2 is 0.569 bits per heavy atom. The van der Waals surface area contributed by atoms with Crippen LogP contribution in [0.2, 0.25) is 0 Å². The predicted octanol–water partition coefficient (Wildman–Crippen LogP) is 22.2. The van der Waals surface area contributed by atoms with E-state index in [-0.39, 0.29) is 25.7 Å². The summed E-state index contributed by atoms with van der Waals surface area (Å²) >= 11 is 0. The van der Waals surface area contributed by atoms with Gasteiger partial charge in [-0.3, -0.25) is 37.3 Å². The average Bonchev–Trinajstić information content (AvgIpc) is 0.924. The van der Waals surface area contributed by atoms with Crippen LogP contribution in [0.3, 0.4) is 0 Å². The molecule has 5 atom stereocenters. The number of ether oxygens (including phenoxy) is 4. The highest BCUT2D eigenvalue weighted by molar-refractivity contribution is 7.47. The van der Waals surface area contributed by atoms with Gasteiger partial charge in [-0.1, -0.05) is 294 Å². The van der Waals surface area contributed by atoms with Crippen molar-refractivity contribution in [2.24, 2.45) is 0 Å². The van der Waals surface area contributed by atoms with E-state index in [2.05, 4.69) is 155 Å². The molecule has 0 aliphatic carbocycles. The largest absolute Gasteiger partial charge is 0.472 e. The van der Waals surface area contributed by atoms with E-state index >= 15 is 0 Å². The first-order chi connectivity index (χ1) is 49.7. The van der Waals surface area contributed by atoms with Crippen LogP contribution < -0.4 is 0 Å². The van der Waals surface area contributed by atoms with Crippen LogP contribution in [-0.2, 0) is 65.4 Å². The summed E-state index contributed by atoms with van der Waals surface area (Å²) in [6.45, 7) is 4.29. The SMILES string of the molecule is CC/C=C\C/C=C\C/C=C\C/C=C\C/C=C\C/C=C\CCC(=O)OCC(COP(=O)(O)OCC(O)COP(=O)(O)OCC(COC(=O)C/C=C\C/C=C\C/C=C\C/C=C\C/C=C\CC)OC(=O)CCCCCCCCCCCCCCC)OC(=O)CCCCCCC/C=C\C/C=C\C/C=C\CC. The summed E-state index contributed by atoms with van der Waals surface area (Å²) in [7, 11) is -10.0. The van der Waals surface area contributed by atoms with Crippen LogP contribution in [0.5, 0.6) is 0 Å². The van der Waals surface area contributed by atoms with Gasteiger partial charge >= 0.3 is 39.5 Å². The fourth-order valence-corrected chi connectivity index (χ4v) is 11.1. The Kier molecular flexibility index (Phi) is 69.7. The number of esters is 4. The molecule has 5 unspecified atom stereocenters. The number of carbonyl (C=O) groups excluding carboxylic acids is 4. The molecule has 0 saturated heterocycles. The highest BCUT2D eigenvalue weighted by Gasteiger charge is 2.30. The molecule has 0 radical (unpaired) electrons. The van der Waals surface area contributed by atoms with E-state index in [0.717, 1.165) is 135 Å². The summed E-state index contributed by atoms with van der Waals surface area (Å²) in [4.78, 5) is 72.8.